The zero-order valence-electron chi connectivity index (χ0n) is 17.3. The van der Waals surface area contributed by atoms with E-state index in [2.05, 4.69) is 22.2 Å². The normalized spacial score (nSPS) is 10.5. The van der Waals surface area contributed by atoms with Crippen LogP contribution in [0.1, 0.15) is 28.4 Å². The van der Waals surface area contributed by atoms with Gasteiger partial charge in [-0.1, -0.05) is 79.7 Å². The first-order valence-electron chi connectivity index (χ1n) is 10.2. The van der Waals surface area contributed by atoms with Gasteiger partial charge in [-0.15, -0.1) is 0 Å². The van der Waals surface area contributed by atoms with Crippen molar-refractivity contribution in [3.63, 3.8) is 0 Å². The van der Waals surface area contributed by atoms with Crippen LogP contribution in [0.3, 0.4) is 0 Å². The zero-order valence-corrected chi connectivity index (χ0v) is 17.3. The number of nitrogens with zero attached hydrogens (tertiary/aromatic N) is 2. The van der Waals surface area contributed by atoms with E-state index in [9.17, 15) is 4.79 Å². The third-order valence-electron chi connectivity index (χ3n) is 4.85. The Bertz CT molecular complexity index is 1160. The number of carbonyl (C=O) groups excluding carboxylic acids is 1. The molecule has 1 aromatic heterocycles. The third-order valence-corrected chi connectivity index (χ3v) is 4.85. The highest BCUT2D eigenvalue weighted by molar-refractivity contribution is 5.96. The van der Waals surface area contributed by atoms with Gasteiger partial charge in [0, 0.05) is 18.3 Å². The quantitative estimate of drug-likeness (QED) is 0.442. The number of benzene rings is 3. The topological polar surface area (TPSA) is 64.1 Å². The molecule has 3 aromatic carbocycles. The Morgan fingerprint density at radius 2 is 1.61 bits per heavy atom. The van der Waals surface area contributed by atoms with Crippen molar-refractivity contribution in [2.45, 2.75) is 19.9 Å². The first kappa shape index (κ1) is 20.3. The molecule has 0 saturated carbocycles. The number of hydrogen-bond donors (Lipinski definition) is 1. The van der Waals surface area contributed by atoms with E-state index >= 15 is 0 Å². The molecule has 1 N–H and O–H groups in total. The summed E-state index contributed by atoms with van der Waals surface area (Å²) < 4.78 is 6.08. The third kappa shape index (κ3) is 5.14. The highest BCUT2D eigenvalue weighted by Gasteiger charge is 2.18. The van der Waals surface area contributed by atoms with Gasteiger partial charge in [-0.25, -0.2) is 4.98 Å². The number of amides is 1. The molecule has 5 nitrogen and oxygen atoms in total. The maximum atomic E-state index is 12.9. The summed E-state index contributed by atoms with van der Waals surface area (Å²) in [6.07, 6.45) is 2.41. The molecule has 5 heteroatoms. The van der Waals surface area contributed by atoms with Crippen molar-refractivity contribution < 1.29 is 9.53 Å². The fraction of sp³-hybridized carbons (Fsp3) is 0.115. The van der Waals surface area contributed by atoms with E-state index in [1.54, 1.807) is 0 Å². The standard InChI is InChI=1S/C26H23N3O2/c1-2-19-12-9-15-22(16-19)31-26-23(25(30)28-17-20-10-5-3-6-11-20)18-27-24(29-26)21-13-7-4-8-14-21/h3-16,18H,2,17H2,1H3,(H,28,30). The number of aryl methyl sites for hydroxylation is 1. The van der Waals surface area contributed by atoms with Gasteiger partial charge in [0.2, 0.25) is 5.88 Å². The molecule has 4 aromatic rings. The summed E-state index contributed by atoms with van der Waals surface area (Å²) in [4.78, 5) is 21.9. The van der Waals surface area contributed by atoms with E-state index in [0.29, 0.717) is 18.1 Å². The van der Waals surface area contributed by atoms with Crippen LogP contribution in [0.25, 0.3) is 11.4 Å². The number of nitrogens with one attached hydrogen (secondary N) is 1. The average Bonchev–Trinajstić information content (AvgIpc) is 2.84. The molecule has 0 unspecified atom stereocenters. The molecule has 0 aliphatic rings. The van der Waals surface area contributed by atoms with Gasteiger partial charge in [-0.2, -0.15) is 4.98 Å². The van der Waals surface area contributed by atoms with Gasteiger partial charge in [-0.05, 0) is 29.7 Å². The molecule has 0 aliphatic carbocycles. The van der Waals surface area contributed by atoms with E-state index in [-0.39, 0.29) is 17.4 Å². The second kappa shape index (κ2) is 9.67. The smallest absolute Gasteiger partial charge is 0.258 e. The summed E-state index contributed by atoms with van der Waals surface area (Å²) >= 11 is 0. The minimum atomic E-state index is -0.287. The average molecular weight is 409 g/mol. The predicted molar refractivity (Wildman–Crippen MR) is 121 cm³/mol. The Morgan fingerprint density at radius 3 is 2.35 bits per heavy atom. The molecular weight excluding hydrogens is 386 g/mol. The van der Waals surface area contributed by atoms with Gasteiger partial charge >= 0.3 is 0 Å². The lowest BCUT2D eigenvalue weighted by atomic mass is 10.1. The molecule has 0 saturated heterocycles. The van der Waals surface area contributed by atoms with Crippen molar-refractivity contribution in [1.29, 1.82) is 0 Å². The maximum absolute atomic E-state index is 12.9. The molecule has 4 rings (SSSR count). The van der Waals surface area contributed by atoms with Crippen molar-refractivity contribution in [1.82, 2.24) is 15.3 Å². The molecule has 0 radical (unpaired) electrons. The van der Waals surface area contributed by atoms with Crippen LogP contribution in [0.5, 0.6) is 11.6 Å². The van der Waals surface area contributed by atoms with Crippen LogP contribution in [0.4, 0.5) is 0 Å². The van der Waals surface area contributed by atoms with E-state index in [0.717, 1.165) is 23.1 Å². The fourth-order valence-electron chi connectivity index (χ4n) is 3.14. The van der Waals surface area contributed by atoms with Crippen LogP contribution in [-0.2, 0) is 13.0 Å². The first-order valence-corrected chi connectivity index (χ1v) is 10.2. The Kier molecular flexibility index (Phi) is 6.33. The van der Waals surface area contributed by atoms with Crippen LogP contribution in [0.2, 0.25) is 0 Å². The molecule has 0 aliphatic heterocycles. The van der Waals surface area contributed by atoms with Crippen LogP contribution >= 0.6 is 0 Å². The van der Waals surface area contributed by atoms with Crippen molar-refractivity contribution >= 4 is 5.91 Å². The molecular formula is C26H23N3O2. The summed E-state index contributed by atoms with van der Waals surface area (Å²) in [5.41, 5.74) is 3.30. The summed E-state index contributed by atoms with van der Waals surface area (Å²) in [6, 6.07) is 27.1. The van der Waals surface area contributed by atoms with Crippen molar-refractivity contribution in [3.8, 4) is 23.0 Å². The molecule has 0 fully saturated rings. The largest absolute Gasteiger partial charge is 0.438 e. The monoisotopic (exact) mass is 409 g/mol. The number of carbonyl (C=O) groups is 1. The lowest BCUT2D eigenvalue weighted by molar-refractivity contribution is 0.0947. The van der Waals surface area contributed by atoms with E-state index < -0.39 is 0 Å². The molecule has 31 heavy (non-hydrogen) atoms. The van der Waals surface area contributed by atoms with Crippen LogP contribution in [0.15, 0.2) is 91.1 Å². The Morgan fingerprint density at radius 1 is 0.903 bits per heavy atom. The second-order valence-electron chi connectivity index (χ2n) is 7.05. The lowest BCUT2D eigenvalue weighted by Gasteiger charge is -2.12. The molecule has 0 bridgehead atoms. The first-order chi connectivity index (χ1) is 15.2. The SMILES string of the molecule is CCc1cccc(Oc2nc(-c3ccccc3)ncc2C(=O)NCc2ccccc2)c1. The summed E-state index contributed by atoms with van der Waals surface area (Å²) in [5.74, 6) is 1.08. The Labute approximate surface area is 181 Å². The van der Waals surface area contributed by atoms with Gasteiger partial charge in [0.05, 0.1) is 0 Å². The number of ether oxygens (including phenoxy) is 1. The van der Waals surface area contributed by atoms with Crippen LogP contribution in [-0.4, -0.2) is 15.9 Å². The number of aromatic nitrogens is 2. The van der Waals surface area contributed by atoms with Crippen LogP contribution in [0, 0.1) is 0 Å². The highest BCUT2D eigenvalue weighted by Crippen LogP contribution is 2.26. The van der Waals surface area contributed by atoms with Crippen molar-refractivity contribution in [3.05, 3.63) is 108 Å². The number of hydrogen-bond acceptors (Lipinski definition) is 4. The molecule has 0 spiro atoms. The second-order valence-corrected chi connectivity index (χ2v) is 7.05. The maximum Gasteiger partial charge on any atom is 0.258 e. The fourth-order valence-corrected chi connectivity index (χ4v) is 3.14. The van der Waals surface area contributed by atoms with Crippen molar-refractivity contribution in [2.75, 3.05) is 0 Å². The Balaban J connectivity index is 1.65. The van der Waals surface area contributed by atoms with Gasteiger partial charge in [-0.3, -0.25) is 4.79 Å². The minimum absolute atomic E-state index is 0.229. The van der Waals surface area contributed by atoms with Crippen molar-refractivity contribution in [2.24, 2.45) is 0 Å². The van der Waals surface area contributed by atoms with Gasteiger partial charge in [0.15, 0.2) is 5.82 Å². The predicted octanol–water partition coefficient (Wildman–Crippen LogP) is 5.43. The summed E-state index contributed by atoms with van der Waals surface area (Å²) in [7, 11) is 0. The van der Waals surface area contributed by atoms with E-state index in [1.807, 2.05) is 84.9 Å². The lowest BCUT2D eigenvalue weighted by Crippen LogP contribution is -2.24. The van der Waals surface area contributed by atoms with Gasteiger partial charge in [0.1, 0.15) is 11.3 Å². The van der Waals surface area contributed by atoms with E-state index in [4.69, 9.17) is 4.74 Å². The summed E-state index contributed by atoms with van der Waals surface area (Å²) in [5, 5.41) is 2.92. The highest BCUT2D eigenvalue weighted by atomic mass is 16.5. The Hall–Kier alpha value is -3.99. The van der Waals surface area contributed by atoms with Gasteiger partial charge < -0.3 is 10.1 Å². The minimum Gasteiger partial charge on any atom is -0.438 e. The molecule has 1 amide bonds. The number of rotatable bonds is 7. The molecule has 154 valence electrons. The zero-order chi connectivity index (χ0) is 21.5. The molecule has 1 heterocycles. The molecule has 0 atom stereocenters. The van der Waals surface area contributed by atoms with E-state index in [1.165, 1.54) is 6.20 Å². The summed E-state index contributed by atoms with van der Waals surface area (Å²) in [6.45, 7) is 2.49. The van der Waals surface area contributed by atoms with Gasteiger partial charge in [0.25, 0.3) is 5.91 Å². The van der Waals surface area contributed by atoms with Crippen LogP contribution < -0.4 is 10.1 Å².